The van der Waals surface area contributed by atoms with E-state index in [0.29, 0.717) is 19.5 Å². The molecule has 2 aliphatic rings. The number of aliphatic carboxylic acids is 1. The summed E-state index contributed by atoms with van der Waals surface area (Å²) in [4.78, 5) is 35.5. The molecule has 0 saturated carbocycles. The summed E-state index contributed by atoms with van der Waals surface area (Å²) >= 11 is 0. The lowest BCUT2D eigenvalue weighted by Crippen LogP contribution is -2.45. The molecule has 2 amide bonds. The first-order valence-electron chi connectivity index (χ1n) is 8.60. The number of carboxylic acids is 1. The second-order valence-corrected chi connectivity index (χ2v) is 6.46. The largest absolute Gasteiger partial charge is 0.481 e. The Morgan fingerprint density at radius 2 is 2.16 bits per heavy atom. The molecule has 0 aromatic carbocycles. The highest BCUT2D eigenvalue weighted by Crippen LogP contribution is 2.24. The second kappa shape index (κ2) is 7.54. The molecule has 25 heavy (non-hydrogen) atoms. The van der Waals surface area contributed by atoms with Gasteiger partial charge in [-0.25, -0.2) is 14.8 Å². The summed E-state index contributed by atoms with van der Waals surface area (Å²) in [6, 6.07) is 1.90. The summed E-state index contributed by atoms with van der Waals surface area (Å²) in [5.41, 5.74) is 0. The molecular formula is C16H24N6O3. The van der Waals surface area contributed by atoms with Crippen LogP contribution in [0.3, 0.4) is 0 Å². The number of carbonyl (C=O) groups is 2. The van der Waals surface area contributed by atoms with Crippen molar-refractivity contribution in [1.29, 1.82) is 0 Å². The van der Waals surface area contributed by atoms with Gasteiger partial charge >= 0.3 is 12.0 Å². The molecule has 2 aliphatic heterocycles. The molecule has 2 unspecified atom stereocenters. The van der Waals surface area contributed by atoms with E-state index in [1.54, 1.807) is 4.90 Å². The molecule has 2 saturated heterocycles. The van der Waals surface area contributed by atoms with Gasteiger partial charge < -0.3 is 25.5 Å². The predicted octanol–water partition coefficient (Wildman–Crippen LogP) is 0.603. The molecule has 3 rings (SSSR count). The van der Waals surface area contributed by atoms with Crippen molar-refractivity contribution in [3.8, 4) is 0 Å². The minimum absolute atomic E-state index is 0.182. The van der Waals surface area contributed by atoms with E-state index in [1.807, 2.05) is 13.1 Å². The van der Waals surface area contributed by atoms with Crippen molar-refractivity contribution >= 4 is 23.6 Å². The molecule has 2 fully saturated rings. The van der Waals surface area contributed by atoms with Gasteiger partial charge in [-0.05, 0) is 19.3 Å². The molecule has 0 bridgehead atoms. The highest BCUT2D eigenvalue weighted by molar-refractivity contribution is 5.77. The number of nitrogens with one attached hydrogen (secondary N) is 2. The number of urea groups is 1. The SMILES string of the molecule is CNc1cc(N2CCCC2CNC(=O)N2CCC(C(=O)O)C2)ncn1. The molecule has 0 spiro atoms. The van der Waals surface area contributed by atoms with Crippen LogP contribution in [0.5, 0.6) is 0 Å². The molecule has 1 aromatic heterocycles. The molecular weight excluding hydrogens is 324 g/mol. The Hall–Kier alpha value is -2.58. The highest BCUT2D eigenvalue weighted by Gasteiger charge is 2.32. The summed E-state index contributed by atoms with van der Waals surface area (Å²) < 4.78 is 0. The van der Waals surface area contributed by atoms with Gasteiger partial charge in [0.15, 0.2) is 0 Å². The number of carboxylic acid groups (broad SMARTS) is 1. The maximum Gasteiger partial charge on any atom is 0.317 e. The van der Waals surface area contributed by atoms with Gasteiger partial charge in [-0.3, -0.25) is 4.79 Å². The van der Waals surface area contributed by atoms with Crippen LogP contribution in [0.25, 0.3) is 0 Å². The Kier molecular flexibility index (Phi) is 5.20. The summed E-state index contributed by atoms with van der Waals surface area (Å²) in [5, 5.41) is 15.0. The smallest absolute Gasteiger partial charge is 0.317 e. The number of rotatable bonds is 5. The summed E-state index contributed by atoms with van der Waals surface area (Å²) in [6.07, 6.45) is 4.08. The number of carbonyl (C=O) groups excluding carboxylic acids is 1. The highest BCUT2D eigenvalue weighted by atomic mass is 16.4. The molecule has 0 radical (unpaired) electrons. The number of hydrogen-bond donors (Lipinski definition) is 3. The van der Waals surface area contributed by atoms with Crippen LogP contribution in [0.2, 0.25) is 0 Å². The number of amides is 2. The van der Waals surface area contributed by atoms with Crippen LogP contribution in [0, 0.1) is 5.92 Å². The molecule has 1 aromatic rings. The fourth-order valence-electron chi connectivity index (χ4n) is 3.45. The first-order chi connectivity index (χ1) is 12.1. The number of likely N-dealkylation sites (tertiary alicyclic amines) is 1. The van der Waals surface area contributed by atoms with Gasteiger partial charge in [-0.2, -0.15) is 0 Å². The minimum Gasteiger partial charge on any atom is -0.481 e. The Balaban J connectivity index is 1.55. The fraction of sp³-hybridized carbons (Fsp3) is 0.625. The van der Waals surface area contributed by atoms with Crippen molar-refractivity contribution in [2.45, 2.75) is 25.3 Å². The standard InChI is InChI=1S/C16H24N6O3/c1-17-13-7-14(20-10-19-13)22-5-2-3-12(22)8-18-16(25)21-6-4-11(9-21)15(23)24/h7,10-12H,2-6,8-9H2,1H3,(H,18,25)(H,23,24)(H,17,19,20). The lowest BCUT2D eigenvalue weighted by atomic mass is 10.1. The van der Waals surface area contributed by atoms with Crippen molar-refractivity contribution < 1.29 is 14.7 Å². The third-order valence-electron chi connectivity index (χ3n) is 4.89. The predicted molar refractivity (Wildman–Crippen MR) is 92.7 cm³/mol. The molecule has 3 N–H and O–H groups in total. The minimum atomic E-state index is -0.832. The number of hydrogen-bond acceptors (Lipinski definition) is 6. The first kappa shape index (κ1) is 17.2. The van der Waals surface area contributed by atoms with Crippen molar-refractivity contribution in [2.24, 2.45) is 5.92 Å². The van der Waals surface area contributed by atoms with E-state index in [4.69, 9.17) is 5.11 Å². The van der Waals surface area contributed by atoms with E-state index >= 15 is 0 Å². The van der Waals surface area contributed by atoms with Gasteiger partial charge in [-0.15, -0.1) is 0 Å². The van der Waals surface area contributed by atoms with Crippen LogP contribution in [0.4, 0.5) is 16.4 Å². The van der Waals surface area contributed by atoms with E-state index < -0.39 is 11.9 Å². The summed E-state index contributed by atoms with van der Waals surface area (Å²) in [7, 11) is 1.81. The third-order valence-corrected chi connectivity index (χ3v) is 4.89. The number of aromatic nitrogens is 2. The zero-order valence-corrected chi connectivity index (χ0v) is 14.3. The van der Waals surface area contributed by atoms with Gasteiger partial charge in [0.25, 0.3) is 0 Å². The van der Waals surface area contributed by atoms with E-state index in [2.05, 4.69) is 25.5 Å². The Morgan fingerprint density at radius 3 is 2.88 bits per heavy atom. The van der Waals surface area contributed by atoms with Crippen molar-refractivity contribution in [2.75, 3.05) is 43.4 Å². The molecule has 136 valence electrons. The van der Waals surface area contributed by atoms with Crippen LogP contribution in [-0.2, 0) is 4.79 Å². The lowest BCUT2D eigenvalue weighted by Gasteiger charge is -2.27. The average molecular weight is 348 g/mol. The third kappa shape index (κ3) is 3.92. The van der Waals surface area contributed by atoms with Gasteiger partial charge in [0.2, 0.25) is 0 Å². The van der Waals surface area contributed by atoms with E-state index in [0.717, 1.165) is 31.0 Å². The normalized spacial score (nSPS) is 22.9. The molecule has 9 heteroatoms. The van der Waals surface area contributed by atoms with Crippen LogP contribution in [0.1, 0.15) is 19.3 Å². The molecule has 2 atom stereocenters. The van der Waals surface area contributed by atoms with Crippen LogP contribution < -0.4 is 15.5 Å². The van der Waals surface area contributed by atoms with Crippen LogP contribution >= 0.6 is 0 Å². The Bertz CT molecular complexity index is 640. The number of nitrogens with zero attached hydrogens (tertiary/aromatic N) is 4. The summed E-state index contributed by atoms with van der Waals surface area (Å²) in [6.45, 7) is 2.19. The average Bonchev–Trinajstić information content (AvgIpc) is 3.29. The second-order valence-electron chi connectivity index (χ2n) is 6.46. The van der Waals surface area contributed by atoms with Crippen LogP contribution in [0.15, 0.2) is 12.4 Å². The Labute approximate surface area is 146 Å². The van der Waals surface area contributed by atoms with E-state index in [-0.39, 0.29) is 18.6 Å². The zero-order valence-electron chi connectivity index (χ0n) is 14.3. The zero-order chi connectivity index (χ0) is 17.8. The van der Waals surface area contributed by atoms with E-state index in [9.17, 15) is 9.59 Å². The monoisotopic (exact) mass is 348 g/mol. The lowest BCUT2D eigenvalue weighted by molar-refractivity contribution is -0.141. The molecule has 9 nitrogen and oxygen atoms in total. The first-order valence-corrected chi connectivity index (χ1v) is 8.60. The van der Waals surface area contributed by atoms with Crippen molar-refractivity contribution in [3.05, 3.63) is 12.4 Å². The van der Waals surface area contributed by atoms with Gasteiger partial charge in [0.05, 0.1) is 5.92 Å². The van der Waals surface area contributed by atoms with Gasteiger partial charge in [0, 0.05) is 45.3 Å². The molecule has 0 aliphatic carbocycles. The van der Waals surface area contributed by atoms with Gasteiger partial charge in [0.1, 0.15) is 18.0 Å². The topological polar surface area (TPSA) is 111 Å². The van der Waals surface area contributed by atoms with E-state index in [1.165, 1.54) is 6.33 Å². The van der Waals surface area contributed by atoms with Gasteiger partial charge in [-0.1, -0.05) is 0 Å². The quantitative estimate of drug-likeness (QED) is 0.715. The fourth-order valence-corrected chi connectivity index (χ4v) is 3.45. The number of anilines is 2. The Morgan fingerprint density at radius 1 is 1.32 bits per heavy atom. The maximum atomic E-state index is 12.3. The van der Waals surface area contributed by atoms with Crippen molar-refractivity contribution in [1.82, 2.24) is 20.2 Å². The maximum absolute atomic E-state index is 12.3. The van der Waals surface area contributed by atoms with Crippen molar-refractivity contribution in [3.63, 3.8) is 0 Å². The summed E-state index contributed by atoms with van der Waals surface area (Å²) in [5.74, 6) is 0.329. The molecule has 3 heterocycles. The van der Waals surface area contributed by atoms with Crippen LogP contribution in [-0.4, -0.2) is 71.2 Å².